The molecule has 0 saturated carbocycles. The van der Waals surface area contributed by atoms with Crippen LogP contribution in [0.5, 0.6) is 11.5 Å². The van der Waals surface area contributed by atoms with Gasteiger partial charge in [-0.2, -0.15) is 0 Å². The molecule has 216 valence electrons. The van der Waals surface area contributed by atoms with Gasteiger partial charge in [0.15, 0.2) is 11.5 Å². The lowest BCUT2D eigenvalue weighted by Gasteiger charge is -2.18. The first kappa shape index (κ1) is 28.8. The normalized spacial score (nSPS) is 11.2. The van der Waals surface area contributed by atoms with Gasteiger partial charge in [0.1, 0.15) is 0 Å². The molecule has 5 aromatic rings. The molecule has 2 N–H and O–H groups in total. The molecular formula is C29H25Cl2N5O6. The second-order valence-electron chi connectivity index (χ2n) is 9.50. The smallest absolute Gasteiger partial charge is 0.277 e. The summed E-state index contributed by atoms with van der Waals surface area (Å²) < 4.78 is 13.4. The van der Waals surface area contributed by atoms with Crippen molar-refractivity contribution in [3.63, 3.8) is 0 Å². The fourth-order valence-corrected chi connectivity index (χ4v) is 5.49. The van der Waals surface area contributed by atoms with E-state index in [1.165, 1.54) is 35.7 Å². The van der Waals surface area contributed by atoms with Crippen molar-refractivity contribution >= 4 is 28.9 Å². The zero-order valence-electron chi connectivity index (χ0n) is 22.9. The van der Waals surface area contributed by atoms with Gasteiger partial charge in [-0.25, -0.2) is 9.36 Å². The molecule has 0 atom stereocenters. The first-order chi connectivity index (χ1) is 20.0. The summed E-state index contributed by atoms with van der Waals surface area (Å²) >= 11 is 12.4. The Morgan fingerprint density at radius 3 is 1.64 bits per heavy atom. The topological polar surface area (TPSA) is 137 Å². The largest absolute Gasteiger partial charge is 0.493 e. The minimum atomic E-state index is -1.20. The number of hydrogen-bond acceptors (Lipinski definition) is 6. The number of benzene rings is 3. The quantitative estimate of drug-likeness (QED) is 0.172. The van der Waals surface area contributed by atoms with E-state index in [1.54, 1.807) is 62.4 Å². The minimum absolute atomic E-state index is 0.0625. The highest BCUT2D eigenvalue weighted by Gasteiger charge is 2.36. The van der Waals surface area contributed by atoms with Gasteiger partial charge in [-0.05, 0) is 56.3 Å². The molecule has 11 nitrogen and oxygen atoms in total. The first-order valence-corrected chi connectivity index (χ1v) is 13.4. The number of aromatic nitrogens is 4. The van der Waals surface area contributed by atoms with Crippen molar-refractivity contribution in [2.24, 2.45) is 0 Å². The number of H-pyrrole nitrogens is 2. The Balaban J connectivity index is 1.88. The van der Waals surface area contributed by atoms with E-state index < -0.39 is 22.0 Å². The summed E-state index contributed by atoms with van der Waals surface area (Å²) in [6.45, 7) is 3.32. The van der Waals surface area contributed by atoms with E-state index in [-0.39, 0.29) is 33.9 Å². The number of nitrogens with zero attached hydrogens (tertiary/aromatic N) is 3. The van der Waals surface area contributed by atoms with Crippen molar-refractivity contribution in [3.8, 4) is 22.9 Å². The third-order valence-electron chi connectivity index (χ3n) is 6.98. The van der Waals surface area contributed by atoms with E-state index in [0.29, 0.717) is 32.8 Å². The van der Waals surface area contributed by atoms with Crippen LogP contribution in [0.25, 0.3) is 11.4 Å². The number of aromatic amines is 2. The van der Waals surface area contributed by atoms with Gasteiger partial charge in [0.25, 0.3) is 16.8 Å². The number of halogens is 2. The summed E-state index contributed by atoms with van der Waals surface area (Å²) in [4.78, 5) is 40.1. The Bertz CT molecular complexity index is 1850. The van der Waals surface area contributed by atoms with Crippen LogP contribution in [0.1, 0.15) is 34.0 Å². The second-order valence-corrected chi connectivity index (χ2v) is 10.4. The standard InChI is InChI=1S/C29H25Cl2N5O6/c1-15-25(28(37)34(32-15)19-9-5-7-17(30)11-19)27(21-13-23(41-3)24(42-4)14-22(21)36(39)40)26-16(2)33-35(29(26)38)20-10-6-8-18(31)12-20/h5-14,27,32-33H,1-4H3. The Labute approximate surface area is 249 Å². The molecule has 0 aliphatic carbocycles. The molecule has 0 aliphatic rings. The fourth-order valence-electron chi connectivity index (χ4n) is 5.12. The van der Waals surface area contributed by atoms with E-state index in [2.05, 4.69) is 10.2 Å². The molecule has 3 aromatic carbocycles. The number of nitrogens with one attached hydrogen (secondary N) is 2. The first-order valence-electron chi connectivity index (χ1n) is 12.6. The molecular weight excluding hydrogens is 585 g/mol. The Kier molecular flexibility index (Phi) is 7.72. The van der Waals surface area contributed by atoms with Crippen LogP contribution < -0.4 is 20.6 Å². The monoisotopic (exact) mass is 609 g/mol. The van der Waals surface area contributed by atoms with Crippen LogP contribution in [0.3, 0.4) is 0 Å². The van der Waals surface area contributed by atoms with Crippen LogP contribution in [0.2, 0.25) is 10.0 Å². The van der Waals surface area contributed by atoms with Crippen LogP contribution in [-0.4, -0.2) is 38.7 Å². The van der Waals surface area contributed by atoms with E-state index in [0.717, 1.165) is 0 Å². The molecule has 5 rings (SSSR count). The van der Waals surface area contributed by atoms with Crippen molar-refractivity contribution in [3.05, 3.63) is 130 Å². The van der Waals surface area contributed by atoms with Crippen LogP contribution in [0, 0.1) is 24.0 Å². The Morgan fingerprint density at radius 1 is 0.786 bits per heavy atom. The SMILES string of the molecule is COc1cc(C(c2c(C)[nH]n(-c3cccc(Cl)c3)c2=O)c2c(C)[nH]n(-c3cccc(Cl)c3)c2=O)c([N+](=O)[O-])cc1OC. The van der Waals surface area contributed by atoms with Crippen LogP contribution in [0.15, 0.2) is 70.3 Å². The zero-order chi connectivity index (χ0) is 30.3. The summed E-state index contributed by atoms with van der Waals surface area (Å²) in [5.41, 5.74) is 0.608. The average molecular weight is 610 g/mol. The average Bonchev–Trinajstić information content (AvgIpc) is 3.42. The Hall–Kier alpha value is -4.74. The van der Waals surface area contributed by atoms with Gasteiger partial charge in [0.2, 0.25) is 0 Å². The van der Waals surface area contributed by atoms with Gasteiger partial charge in [-0.15, -0.1) is 0 Å². The third-order valence-corrected chi connectivity index (χ3v) is 7.45. The van der Waals surface area contributed by atoms with Gasteiger partial charge in [-0.3, -0.25) is 29.9 Å². The summed E-state index contributed by atoms with van der Waals surface area (Å²) in [6.07, 6.45) is 0. The molecule has 0 aliphatic heterocycles. The van der Waals surface area contributed by atoms with Gasteiger partial charge >= 0.3 is 0 Å². The van der Waals surface area contributed by atoms with E-state index in [4.69, 9.17) is 32.7 Å². The molecule has 2 aromatic heterocycles. The lowest BCUT2D eigenvalue weighted by Crippen LogP contribution is -2.26. The van der Waals surface area contributed by atoms with Crippen LogP contribution in [-0.2, 0) is 0 Å². The molecule has 0 bridgehead atoms. The maximum atomic E-state index is 14.1. The number of nitro groups is 1. The van der Waals surface area contributed by atoms with Crippen molar-refractivity contribution in [2.45, 2.75) is 19.8 Å². The molecule has 0 saturated heterocycles. The van der Waals surface area contributed by atoms with E-state index in [9.17, 15) is 19.7 Å². The van der Waals surface area contributed by atoms with Crippen molar-refractivity contribution < 1.29 is 14.4 Å². The predicted octanol–water partition coefficient (Wildman–Crippen LogP) is 5.67. The number of methoxy groups -OCH3 is 2. The highest BCUT2D eigenvalue weighted by atomic mass is 35.5. The zero-order valence-corrected chi connectivity index (χ0v) is 24.4. The summed E-state index contributed by atoms with van der Waals surface area (Å²) in [5, 5.41) is 19.3. The van der Waals surface area contributed by atoms with E-state index >= 15 is 0 Å². The molecule has 0 spiro atoms. The fraction of sp³-hybridized carbons (Fsp3) is 0.172. The van der Waals surface area contributed by atoms with Gasteiger partial charge in [0.05, 0.1) is 53.6 Å². The molecule has 0 unspecified atom stereocenters. The van der Waals surface area contributed by atoms with Gasteiger partial charge < -0.3 is 9.47 Å². The summed E-state index contributed by atoms with van der Waals surface area (Å²) in [5.74, 6) is -0.885. The number of nitro benzene ring substituents is 1. The van der Waals surface area contributed by atoms with Crippen molar-refractivity contribution in [1.29, 1.82) is 0 Å². The van der Waals surface area contributed by atoms with Crippen LogP contribution >= 0.6 is 23.2 Å². The van der Waals surface area contributed by atoms with Gasteiger partial charge in [0, 0.05) is 27.0 Å². The molecule has 13 heteroatoms. The summed E-state index contributed by atoms with van der Waals surface area (Å²) in [7, 11) is 2.75. The highest BCUT2D eigenvalue weighted by Crippen LogP contribution is 2.43. The predicted molar refractivity (Wildman–Crippen MR) is 159 cm³/mol. The third kappa shape index (κ3) is 4.97. The minimum Gasteiger partial charge on any atom is -0.493 e. The highest BCUT2D eigenvalue weighted by molar-refractivity contribution is 6.31. The van der Waals surface area contributed by atoms with Crippen molar-refractivity contribution in [2.75, 3.05) is 14.2 Å². The lowest BCUT2D eigenvalue weighted by molar-refractivity contribution is -0.385. The molecule has 0 amide bonds. The Morgan fingerprint density at radius 2 is 1.24 bits per heavy atom. The van der Waals surface area contributed by atoms with Crippen molar-refractivity contribution in [1.82, 2.24) is 19.6 Å². The second kappa shape index (κ2) is 11.3. The lowest BCUT2D eigenvalue weighted by atomic mass is 9.84. The summed E-state index contributed by atoms with van der Waals surface area (Å²) in [6, 6.07) is 15.9. The maximum Gasteiger partial charge on any atom is 0.277 e. The maximum absolute atomic E-state index is 14.1. The van der Waals surface area contributed by atoms with E-state index in [1.807, 2.05) is 0 Å². The number of aryl methyl sites for hydroxylation is 2. The van der Waals surface area contributed by atoms with Gasteiger partial charge in [-0.1, -0.05) is 35.3 Å². The number of ether oxygens (including phenoxy) is 2. The number of rotatable bonds is 8. The number of hydrogen-bond donors (Lipinski definition) is 2. The van der Waals surface area contributed by atoms with Crippen LogP contribution in [0.4, 0.5) is 5.69 Å². The molecule has 0 radical (unpaired) electrons. The molecule has 2 heterocycles. The molecule has 0 fully saturated rings. The molecule has 42 heavy (non-hydrogen) atoms.